The van der Waals surface area contributed by atoms with Crippen LogP contribution in [0, 0.1) is 0 Å². The number of carbonyl (C=O) groups is 1. The highest BCUT2D eigenvalue weighted by atomic mass is 32.3. The molecule has 4 rings (SSSR count). The maximum atomic E-state index is 12.7. The van der Waals surface area contributed by atoms with Gasteiger partial charge in [0, 0.05) is 47.8 Å². The molecule has 0 bridgehead atoms. The number of amides is 1. The van der Waals surface area contributed by atoms with Crippen LogP contribution in [0.3, 0.4) is 0 Å². The van der Waals surface area contributed by atoms with Crippen LogP contribution in [-0.4, -0.2) is 45.6 Å². The van der Waals surface area contributed by atoms with Gasteiger partial charge in [-0.1, -0.05) is 30.3 Å². The maximum Gasteiger partial charge on any atom is 0.258 e. The molecule has 5 nitrogen and oxygen atoms in total. The van der Waals surface area contributed by atoms with Crippen LogP contribution in [0.25, 0.3) is 0 Å². The van der Waals surface area contributed by atoms with Crippen LogP contribution in [0.5, 0.6) is 0 Å². The van der Waals surface area contributed by atoms with Crippen LogP contribution < -0.4 is 10.2 Å². The van der Waals surface area contributed by atoms with Crippen molar-refractivity contribution in [2.45, 2.75) is 37.3 Å². The Labute approximate surface area is 168 Å². The fraction of sp³-hybridized carbons (Fsp3) is 0.409. The summed E-state index contributed by atoms with van der Waals surface area (Å²) in [6, 6.07) is 18.5. The lowest BCUT2D eigenvalue weighted by Gasteiger charge is -2.39. The Morgan fingerprint density at radius 2 is 1.68 bits per heavy atom. The smallest absolute Gasteiger partial charge is 0.258 e. The largest absolute Gasteiger partial charge is 0.311 e. The highest BCUT2D eigenvalue weighted by Gasteiger charge is 2.40. The van der Waals surface area contributed by atoms with Crippen molar-refractivity contribution in [1.82, 2.24) is 5.32 Å². The molecule has 0 radical (unpaired) electrons. The molecule has 1 saturated heterocycles. The van der Waals surface area contributed by atoms with Gasteiger partial charge < -0.3 is 10.2 Å². The number of rotatable bonds is 5. The van der Waals surface area contributed by atoms with Crippen LogP contribution in [0.4, 0.5) is 5.69 Å². The van der Waals surface area contributed by atoms with Crippen LogP contribution in [0.1, 0.15) is 41.1 Å². The Morgan fingerprint density at radius 1 is 1.04 bits per heavy atom. The zero-order chi connectivity index (χ0) is 19.7. The first kappa shape index (κ1) is 19.5. The van der Waals surface area contributed by atoms with Gasteiger partial charge in [-0.05, 0) is 49.1 Å². The summed E-state index contributed by atoms with van der Waals surface area (Å²) in [6.07, 6.45) is 2.78. The molecule has 1 saturated carbocycles. The third-order valence-corrected chi connectivity index (χ3v) is 7.64. The van der Waals surface area contributed by atoms with Crippen molar-refractivity contribution in [1.29, 1.82) is 0 Å². The van der Waals surface area contributed by atoms with E-state index in [-0.39, 0.29) is 5.91 Å². The monoisotopic (exact) mass is 400 g/mol. The zero-order valence-corrected chi connectivity index (χ0v) is 16.9. The van der Waals surface area contributed by atoms with Crippen LogP contribution in [0.15, 0.2) is 54.6 Å². The van der Waals surface area contributed by atoms with Crippen molar-refractivity contribution in [2.24, 2.45) is 0 Å². The standard InChI is InChI=1S/C22H28N2O3S/c1-24(19-5-3-2-4-6-19)22(25)17-9-7-16(8-10-17)20-15-21(20)23-18-11-13-28(26,27)14-12-18/h2-10,18,20-21,23,26-27H,11-15H2,1H3. The highest BCUT2D eigenvalue weighted by Crippen LogP contribution is 2.46. The Balaban J connectivity index is 1.32. The van der Waals surface area contributed by atoms with Gasteiger partial charge in [-0.15, -0.1) is 0 Å². The zero-order valence-electron chi connectivity index (χ0n) is 16.1. The molecule has 1 heterocycles. The predicted molar refractivity (Wildman–Crippen MR) is 116 cm³/mol. The number of anilines is 1. The first-order valence-corrected chi connectivity index (χ1v) is 11.7. The second kappa shape index (κ2) is 7.87. The second-order valence-electron chi connectivity index (χ2n) is 7.92. The number of hydrogen-bond donors (Lipinski definition) is 3. The molecule has 1 aliphatic heterocycles. The van der Waals surface area contributed by atoms with Gasteiger partial charge in [-0.3, -0.25) is 13.9 Å². The van der Waals surface area contributed by atoms with Crippen LogP contribution in [-0.2, 0) is 0 Å². The molecule has 2 aliphatic rings. The van der Waals surface area contributed by atoms with Crippen molar-refractivity contribution in [3.8, 4) is 0 Å². The Kier molecular flexibility index (Phi) is 5.47. The van der Waals surface area contributed by atoms with Crippen molar-refractivity contribution in [2.75, 3.05) is 23.5 Å². The van der Waals surface area contributed by atoms with Crippen molar-refractivity contribution < 1.29 is 13.9 Å². The predicted octanol–water partition coefficient (Wildman–Crippen LogP) is 4.32. The molecule has 150 valence electrons. The van der Waals surface area contributed by atoms with E-state index in [2.05, 4.69) is 17.4 Å². The van der Waals surface area contributed by atoms with E-state index in [1.54, 1.807) is 11.9 Å². The number of para-hydroxylation sites is 1. The van der Waals surface area contributed by atoms with Crippen LogP contribution in [0.2, 0.25) is 0 Å². The highest BCUT2D eigenvalue weighted by molar-refractivity contribution is 8.24. The van der Waals surface area contributed by atoms with Gasteiger partial charge in [-0.2, -0.15) is 10.6 Å². The van der Waals surface area contributed by atoms with Crippen molar-refractivity contribution >= 4 is 22.2 Å². The quantitative estimate of drug-likeness (QED) is 0.699. The fourth-order valence-corrected chi connectivity index (χ4v) is 5.49. The summed E-state index contributed by atoms with van der Waals surface area (Å²) in [4.78, 5) is 14.4. The average molecular weight is 401 g/mol. The molecule has 28 heavy (non-hydrogen) atoms. The molecule has 2 fully saturated rings. The number of benzene rings is 2. The molecule has 0 aromatic heterocycles. The van der Waals surface area contributed by atoms with Crippen molar-refractivity contribution in [3.63, 3.8) is 0 Å². The number of nitrogens with zero attached hydrogens (tertiary/aromatic N) is 1. The van der Waals surface area contributed by atoms with E-state index in [0.717, 1.165) is 24.9 Å². The minimum Gasteiger partial charge on any atom is -0.311 e. The van der Waals surface area contributed by atoms with Crippen molar-refractivity contribution in [3.05, 3.63) is 65.7 Å². The average Bonchev–Trinajstić information content (AvgIpc) is 3.48. The molecule has 2 aromatic carbocycles. The molecule has 1 aliphatic carbocycles. The molecule has 3 N–H and O–H groups in total. The summed E-state index contributed by atoms with van der Waals surface area (Å²) in [7, 11) is -0.515. The molecule has 2 aromatic rings. The summed E-state index contributed by atoms with van der Waals surface area (Å²) in [6.45, 7) is 0. The lowest BCUT2D eigenvalue weighted by molar-refractivity contribution is 0.0993. The minimum atomic E-state index is -2.31. The van der Waals surface area contributed by atoms with Gasteiger partial charge in [0.2, 0.25) is 0 Å². The second-order valence-corrected chi connectivity index (χ2v) is 10.3. The fourth-order valence-electron chi connectivity index (χ4n) is 3.96. The normalized spacial score (nSPS) is 25.1. The number of hydrogen-bond acceptors (Lipinski definition) is 4. The van der Waals surface area contributed by atoms with E-state index in [9.17, 15) is 13.9 Å². The molecule has 6 heteroatoms. The van der Waals surface area contributed by atoms with E-state index in [0.29, 0.717) is 35.1 Å². The SMILES string of the molecule is CN(C(=O)c1ccc(C2CC2NC2CCS(O)(O)CC2)cc1)c1ccccc1. The van der Waals surface area contributed by atoms with Gasteiger partial charge >= 0.3 is 0 Å². The van der Waals surface area contributed by atoms with E-state index in [1.165, 1.54) is 5.56 Å². The first-order chi connectivity index (χ1) is 13.4. The number of nitrogens with one attached hydrogen (secondary N) is 1. The van der Waals surface area contributed by atoms with Gasteiger partial charge in [0.25, 0.3) is 5.91 Å². The molecule has 0 spiro atoms. The Hall–Kier alpha value is -1.86. The molecular formula is C22H28N2O3S. The summed E-state index contributed by atoms with van der Waals surface area (Å²) in [5, 5.41) is 3.67. The Morgan fingerprint density at radius 3 is 2.32 bits per heavy atom. The topological polar surface area (TPSA) is 72.8 Å². The van der Waals surface area contributed by atoms with E-state index in [4.69, 9.17) is 0 Å². The van der Waals surface area contributed by atoms with Gasteiger partial charge in [0.1, 0.15) is 0 Å². The first-order valence-electron chi connectivity index (χ1n) is 9.86. The molecule has 2 atom stereocenters. The third-order valence-electron chi connectivity index (χ3n) is 5.86. The van der Waals surface area contributed by atoms with E-state index in [1.807, 2.05) is 42.5 Å². The lowest BCUT2D eigenvalue weighted by atomic mass is 10.1. The molecule has 1 amide bonds. The lowest BCUT2D eigenvalue weighted by Crippen LogP contribution is -2.37. The van der Waals surface area contributed by atoms with E-state index < -0.39 is 10.6 Å². The Bertz CT molecular complexity index is 815. The summed E-state index contributed by atoms with van der Waals surface area (Å²) in [5.41, 5.74) is 2.83. The van der Waals surface area contributed by atoms with E-state index >= 15 is 0 Å². The molecular weight excluding hydrogens is 372 g/mol. The molecule has 2 unspecified atom stereocenters. The van der Waals surface area contributed by atoms with Gasteiger partial charge in [0.05, 0.1) is 0 Å². The maximum absolute atomic E-state index is 12.7. The van der Waals surface area contributed by atoms with Gasteiger partial charge in [-0.25, -0.2) is 0 Å². The summed E-state index contributed by atoms with van der Waals surface area (Å²) >= 11 is 0. The minimum absolute atomic E-state index is 0.00980. The third kappa shape index (κ3) is 4.41. The summed E-state index contributed by atoms with van der Waals surface area (Å²) in [5.74, 6) is 1.52. The van der Waals surface area contributed by atoms with Crippen LogP contribution >= 0.6 is 10.6 Å². The summed E-state index contributed by atoms with van der Waals surface area (Å²) < 4.78 is 19.5. The number of carbonyl (C=O) groups excluding carboxylic acids is 1. The van der Waals surface area contributed by atoms with Gasteiger partial charge in [0.15, 0.2) is 0 Å².